The normalized spacial score (nSPS) is 19.7. The molecule has 2 aliphatic rings. The monoisotopic (exact) mass is 398 g/mol. The van der Waals surface area contributed by atoms with Gasteiger partial charge in [0.25, 0.3) is 0 Å². The first kappa shape index (κ1) is 23.4. The lowest BCUT2D eigenvalue weighted by atomic mass is 9.87. The Labute approximate surface area is 163 Å². The molecule has 0 atom stereocenters. The molecule has 0 aliphatic carbocycles. The minimum Gasteiger partial charge on any atom is -0.369 e. The lowest BCUT2D eigenvalue weighted by Gasteiger charge is -2.34. The fourth-order valence-electron chi connectivity index (χ4n) is 3.52. The molecule has 0 saturated carbocycles. The molecule has 2 fully saturated rings. The number of likely N-dealkylation sites (tertiary alicyclic amines) is 2. The number of nitrogens with zero attached hydrogens (tertiary/aromatic N) is 2. The van der Waals surface area contributed by atoms with E-state index in [1.807, 2.05) is 0 Å². The van der Waals surface area contributed by atoms with Gasteiger partial charge in [-0.15, -0.1) is 25.3 Å². The van der Waals surface area contributed by atoms with Crippen molar-refractivity contribution in [1.82, 2.24) is 22.1 Å². The Balaban J connectivity index is 0.00000242. The first-order valence-corrected chi connectivity index (χ1v) is 9.73. The Hall–Kier alpha value is 0.400. The average molecular weight is 399 g/mol. The van der Waals surface area contributed by atoms with Crippen LogP contribution in [-0.2, 0) is 0 Å². The van der Waals surface area contributed by atoms with Crippen molar-refractivity contribution in [3.8, 4) is 0 Å². The molecule has 0 spiro atoms. The van der Waals surface area contributed by atoms with Gasteiger partial charge in [0.1, 0.15) is 8.64 Å². The van der Waals surface area contributed by atoms with Crippen LogP contribution in [0.3, 0.4) is 0 Å². The van der Waals surface area contributed by atoms with Gasteiger partial charge in [-0.25, -0.2) is 0 Å². The number of thiol groups is 2. The molecule has 8 N–H and O–H groups in total. The van der Waals surface area contributed by atoms with Crippen LogP contribution in [0.2, 0.25) is 0 Å². The maximum absolute atomic E-state index is 5.13. The summed E-state index contributed by atoms with van der Waals surface area (Å²) in [5.74, 6) is 1.79. The molecule has 2 aliphatic heterocycles. The smallest absolute Gasteiger partial charge is 0.133 e. The van der Waals surface area contributed by atoms with Crippen LogP contribution in [0.4, 0.5) is 0 Å². The van der Waals surface area contributed by atoms with Crippen LogP contribution in [0.15, 0.2) is 0 Å². The molecule has 136 valence electrons. The van der Waals surface area contributed by atoms with Gasteiger partial charge in [0, 0.05) is 26.2 Å². The number of rotatable bonds is 4. The second kappa shape index (κ2) is 11.9. The van der Waals surface area contributed by atoms with Gasteiger partial charge >= 0.3 is 0 Å². The fourth-order valence-corrected chi connectivity index (χ4v) is 4.29. The van der Waals surface area contributed by atoms with Gasteiger partial charge in [0.05, 0.1) is 0 Å². The molecule has 8 heteroatoms. The Morgan fingerprint density at radius 3 is 1.30 bits per heavy atom. The van der Waals surface area contributed by atoms with E-state index in [0.717, 1.165) is 46.7 Å². The van der Waals surface area contributed by atoms with Gasteiger partial charge < -0.3 is 22.1 Å². The highest BCUT2D eigenvalue weighted by atomic mass is 32.1. The molecule has 2 rings (SSSR count). The first-order chi connectivity index (χ1) is 10.1. The van der Waals surface area contributed by atoms with Crippen molar-refractivity contribution in [2.24, 2.45) is 11.8 Å². The maximum Gasteiger partial charge on any atom is 0.133 e. The molecule has 0 bridgehead atoms. The SMILES string of the molecule is S=C(S)N1CCC(CCCC2CCN(C(=S)S)CC2)CC1.[NH4+].[NH4+]. The van der Waals surface area contributed by atoms with Crippen LogP contribution in [-0.4, -0.2) is 44.6 Å². The molecule has 0 aromatic carbocycles. The topological polar surface area (TPSA) is 79.5 Å². The van der Waals surface area contributed by atoms with E-state index in [9.17, 15) is 0 Å². The molecule has 23 heavy (non-hydrogen) atoms. The summed E-state index contributed by atoms with van der Waals surface area (Å²) in [5, 5.41) is 0. The van der Waals surface area contributed by atoms with Crippen molar-refractivity contribution in [3.05, 3.63) is 0 Å². The fraction of sp³-hybridized carbons (Fsp3) is 0.867. The molecule has 2 saturated heterocycles. The van der Waals surface area contributed by atoms with Crippen molar-refractivity contribution in [3.63, 3.8) is 0 Å². The maximum atomic E-state index is 5.13. The molecule has 2 heterocycles. The van der Waals surface area contributed by atoms with E-state index in [-0.39, 0.29) is 12.3 Å². The molecule has 0 unspecified atom stereocenters. The van der Waals surface area contributed by atoms with Crippen LogP contribution in [0, 0.1) is 11.8 Å². The van der Waals surface area contributed by atoms with Crippen LogP contribution in [0.5, 0.6) is 0 Å². The summed E-state index contributed by atoms with van der Waals surface area (Å²) in [4.78, 5) is 4.45. The largest absolute Gasteiger partial charge is 0.369 e. The van der Waals surface area contributed by atoms with Crippen molar-refractivity contribution >= 4 is 58.3 Å². The first-order valence-electron chi connectivity index (χ1n) is 8.02. The minimum absolute atomic E-state index is 0. The predicted octanol–water partition coefficient (Wildman–Crippen LogP) is 4.76. The average Bonchev–Trinajstić information content (AvgIpc) is 2.48. The lowest BCUT2D eigenvalue weighted by molar-refractivity contribution is 0.232. The van der Waals surface area contributed by atoms with E-state index in [1.54, 1.807) is 0 Å². The van der Waals surface area contributed by atoms with Crippen LogP contribution in [0.1, 0.15) is 44.9 Å². The zero-order valence-corrected chi connectivity index (χ0v) is 18.0. The predicted molar refractivity (Wildman–Crippen MR) is 118 cm³/mol. The Kier molecular flexibility index (Phi) is 12.1. The van der Waals surface area contributed by atoms with E-state index in [1.165, 1.54) is 44.9 Å². The standard InChI is InChI=1S/C15H26N2S4.2H3N/c18-14(19)16-8-4-12(5-9-16)2-1-3-13-6-10-17(11-7-13)15(20)21;;/h12-13H,1-11H2,(H,18,19)(H,20,21);2*1H3/p+2. The highest BCUT2D eigenvalue weighted by Crippen LogP contribution is 2.27. The Morgan fingerprint density at radius 2 is 1.04 bits per heavy atom. The minimum atomic E-state index is 0. The van der Waals surface area contributed by atoms with Gasteiger partial charge in [0.15, 0.2) is 0 Å². The lowest BCUT2D eigenvalue weighted by Crippen LogP contribution is -2.36. The summed E-state index contributed by atoms with van der Waals surface area (Å²) < 4.78 is 1.53. The highest BCUT2D eigenvalue weighted by molar-refractivity contribution is 8.11. The summed E-state index contributed by atoms with van der Waals surface area (Å²) in [6.07, 6.45) is 9.29. The van der Waals surface area contributed by atoms with Gasteiger partial charge in [0.2, 0.25) is 0 Å². The summed E-state index contributed by atoms with van der Waals surface area (Å²) >= 11 is 18.8. The van der Waals surface area contributed by atoms with Gasteiger partial charge in [-0.3, -0.25) is 0 Å². The second-order valence-electron chi connectivity index (χ2n) is 6.36. The second-order valence-corrected chi connectivity index (χ2v) is 8.58. The van der Waals surface area contributed by atoms with Crippen LogP contribution >= 0.6 is 49.7 Å². The van der Waals surface area contributed by atoms with Crippen LogP contribution < -0.4 is 12.3 Å². The highest BCUT2D eigenvalue weighted by Gasteiger charge is 2.22. The van der Waals surface area contributed by atoms with E-state index in [4.69, 9.17) is 24.4 Å². The summed E-state index contributed by atoms with van der Waals surface area (Å²) in [6, 6.07) is 0. The number of thiocarbonyl (C=S) groups is 2. The zero-order valence-electron chi connectivity index (χ0n) is 14.5. The summed E-state index contributed by atoms with van der Waals surface area (Å²) in [5.41, 5.74) is 0. The van der Waals surface area contributed by atoms with E-state index in [0.29, 0.717) is 0 Å². The van der Waals surface area contributed by atoms with E-state index < -0.39 is 0 Å². The molecule has 0 amide bonds. The van der Waals surface area contributed by atoms with Crippen LogP contribution in [0.25, 0.3) is 0 Å². The zero-order chi connectivity index (χ0) is 15.2. The Bertz CT molecular complexity index is 330. The summed E-state index contributed by atoms with van der Waals surface area (Å²) in [7, 11) is 0. The summed E-state index contributed by atoms with van der Waals surface area (Å²) in [6.45, 7) is 4.41. The van der Waals surface area contributed by atoms with Gasteiger partial charge in [-0.05, 0) is 37.5 Å². The third kappa shape index (κ3) is 7.88. The third-order valence-corrected chi connectivity index (χ3v) is 6.08. The number of quaternary nitrogens is 2. The molecular weight excluding hydrogens is 364 g/mol. The van der Waals surface area contributed by atoms with E-state index >= 15 is 0 Å². The quantitative estimate of drug-likeness (QED) is 0.406. The van der Waals surface area contributed by atoms with Crippen molar-refractivity contribution in [2.75, 3.05) is 26.2 Å². The number of hydrogen-bond donors (Lipinski definition) is 4. The number of hydrogen-bond acceptors (Lipinski definition) is 2. The molecule has 0 aromatic heterocycles. The van der Waals surface area contributed by atoms with Crippen molar-refractivity contribution in [1.29, 1.82) is 0 Å². The van der Waals surface area contributed by atoms with Gasteiger partial charge in [-0.2, -0.15) is 0 Å². The number of piperidine rings is 2. The molecule has 4 nitrogen and oxygen atoms in total. The van der Waals surface area contributed by atoms with Gasteiger partial charge in [-0.1, -0.05) is 43.7 Å². The third-order valence-electron chi connectivity index (χ3n) is 4.99. The molecular formula is C15H34N4S4+2. The van der Waals surface area contributed by atoms with Crippen molar-refractivity contribution in [2.45, 2.75) is 44.9 Å². The van der Waals surface area contributed by atoms with Crippen molar-refractivity contribution < 1.29 is 0 Å². The Morgan fingerprint density at radius 1 is 0.739 bits per heavy atom. The molecule has 0 aromatic rings. The van der Waals surface area contributed by atoms with E-state index in [2.05, 4.69) is 35.1 Å². The molecule has 0 radical (unpaired) electrons.